The lowest BCUT2D eigenvalue weighted by molar-refractivity contribution is -0.122. The van der Waals surface area contributed by atoms with Crippen molar-refractivity contribution < 1.29 is 28.4 Å². The zero-order chi connectivity index (χ0) is 36.1. The van der Waals surface area contributed by atoms with Crippen LogP contribution in [0.1, 0.15) is 142 Å². The highest BCUT2D eigenvalue weighted by molar-refractivity contribution is 7.47. The first-order valence-corrected chi connectivity index (χ1v) is 20.6. The zero-order valence-electron chi connectivity index (χ0n) is 30.9. The molecular formula is C40H71N2O6P. The Morgan fingerprint density at radius 3 is 1.80 bits per heavy atom. The molecule has 0 aromatic rings. The molecule has 0 aliphatic rings. The van der Waals surface area contributed by atoms with Crippen molar-refractivity contribution in [3.8, 4) is 0 Å². The van der Waals surface area contributed by atoms with E-state index in [-0.39, 0.29) is 25.5 Å². The van der Waals surface area contributed by atoms with E-state index >= 15 is 0 Å². The Morgan fingerprint density at radius 1 is 0.694 bits per heavy atom. The maximum atomic E-state index is 12.6. The van der Waals surface area contributed by atoms with E-state index in [1.54, 1.807) is 6.08 Å². The molecule has 3 unspecified atom stereocenters. The number of hydrogen-bond donors (Lipinski definition) is 4. The normalized spacial score (nSPS) is 15.1. The van der Waals surface area contributed by atoms with Gasteiger partial charge >= 0.3 is 7.82 Å². The Labute approximate surface area is 299 Å². The number of aliphatic hydroxyl groups is 1. The highest BCUT2D eigenvalue weighted by Gasteiger charge is 2.26. The summed E-state index contributed by atoms with van der Waals surface area (Å²) < 4.78 is 22.0. The van der Waals surface area contributed by atoms with Crippen LogP contribution in [0.3, 0.4) is 0 Å². The molecule has 0 aromatic carbocycles. The number of phosphoric acid groups is 1. The molecule has 9 heteroatoms. The van der Waals surface area contributed by atoms with Crippen LogP contribution >= 0.6 is 7.82 Å². The molecule has 0 aromatic heterocycles. The molecule has 0 aliphatic heterocycles. The molecule has 0 bridgehead atoms. The van der Waals surface area contributed by atoms with E-state index in [0.29, 0.717) is 6.42 Å². The number of phosphoric ester groups is 1. The van der Waals surface area contributed by atoms with Gasteiger partial charge < -0.3 is 21.1 Å². The quantitative estimate of drug-likeness (QED) is 0.0298. The first-order chi connectivity index (χ1) is 23.9. The predicted octanol–water partition coefficient (Wildman–Crippen LogP) is 10.1. The monoisotopic (exact) mass is 707 g/mol. The van der Waals surface area contributed by atoms with E-state index < -0.39 is 26.6 Å². The summed E-state index contributed by atoms with van der Waals surface area (Å²) in [6.07, 6.45) is 45.4. The molecule has 0 aliphatic carbocycles. The van der Waals surface area contributed by atoms with Crippen LogP contribution in [0.5, 0.6) is 0 Å². The van der Waals surface area contributed by atoms with Crippen molar-refractivity contribution in [1.82, 2.24) is 5.32 Å². The van der Waals surface area contributed by atoms with Gasteiger partial charge in [0.05, 0.1) is 25.4 Å². The number of carbonyl (C=O) groups is 1. The molecule has 49 heavy (non-hydrogen) atoms. The second kappa shape index (κ2) is 35.8. The summed E-state index contributed by atoms with van der Waals surface area (Å²) in [6.45, 7) is 3.91. The van der Waals surface area contributed by atoms with Gasteiger partial charge in [-0.25, -0.2) is 4.57 Å². The van der Waals surface area contributed by atoms with Gasteiger partial charge in [-0.15, -0.1) is 0 Å². The number of allylic oxidation sites excluding steroid dienone is 11. The van der Waals surface area contributed by atoms with Gasteiger partial charge in [0.2, 0.25) is 5.91 Å². The molecule has 0 saturated heterocycles. The van der Waals surface area contributed by atoms with Crippen molar-refractivity contribution in [2.24, 2.45) is 5.73 Å². The van der Waals surface area contributed by atoms with Gasteiger partial charge in [-0.3, -0.25) is 13.8 Å². The summed E-state index contributed by atoms with van der Waals surface area (Å²) in [5, 5.41) is 13.5. The van der Waals surface area contributed by atoms with Crippen molar-refractivity contribution in [1.29, 1.82) is 0 Å². The van der Waals surface area contributed by atoms with E-state index in [0.717, 1.165) is 44.9 Å². The Morgan fingerprint density at radius 2 is 1.20 bits per heavy atom. The Kier molecular flexibility index (Phi) is 34.3. The van der Waals surface area contributed by atoms with E-state index in [4.69, 9.17) is 14.8 Å². The highest BCUT2D eigenvalue weighted by atomic mass is 31.2. The molecule has 8 nitrogen and oxygen atoms in total. The third-order valence-corrected chi connectivity index (χ3v) is 8.76. The van der Waals surface area contributed by atoms with Crippen molar-refractivity contribution in [2.75, 3.05) is 19.8 Å². The molecule has 0 saturated carbocycles. The van der Waals surface area contributed by atoms with Crippen LogP contribution in [0, 0.1) is 0 Å². The summed E-state index contributed by atoms with van der Waals surface area (Å²) >= 11 is 0. The predicted molar refractivity (Wildman–Crippen MR) is 207 cm³/mol. The number of amides is 1. The number of rotatable bonds is 34. The molecule has 282 valence electrons. The van der Waals surface area contributed by atoms with Crippen LogP contribution in [0.15, 0.2) is 72.9 Å². The minimum Gasteiger partial charge on any atom is -0.387 e. The largest absolute Gasteiger partial charge is 0.472 e. The molecule has 5 N–H and O–H groups in total. The van der Waals surface area contributed by atoms with Gasteiger partial charge in [0.15, 0.2) is 0 Å². The molecule has 0 radical (unpaired) electrons. The van der Waals surface area contributed by atoms with Crippen LogP contribution in [-0.4, -0.2) is 47.8 Å². The first kappa shape index (κ1) is 46.9. The van der Waals surface area contributed by atoms with Crippen molar-refractivity contribution >= 4 is 13.7 Å². The smallest absolute Gasteiger partial charge is 0.387 e. The third kappa shape index (κ3) is 34.2. The van der Waals surface area contributed by atoms with Crippen LogP contribution < -0.4 is 11.1 Å². The standard InChI is InChI=1S/C40H71N2O6P/c1-3-5-7-9-11-13-15-17-18-19-20-22-23-25-27-29-31-33-39(43)38(37-48-49(45,46)47-36-35-41)42-40(44)34-32-30-28-26-24-21-16-14-12-10-8-6-4-2/h6,8,12,14,21,23-25,28,30-31,33,38-39,43H,3-5,7,9-11,13,15-20,22,26-27,29,32,34-37,41H2,1-2H3,(H,42,44)(H,45,46)/b8-6-,14-12-,24-21-,25-23+,30-28-,33-31+. The maximum absolute atomic E-state index is 12.6. The Hall–Kier alpha value is -2.06. The number of aliphatic hydroxyl groups excluding tert-OH is 1. The van der Waals surface area contributed by atoms with E-state index in [1.807, 2.05) is 18.2 Å². The van der Waals surface area contributed by atoms with Gasteiger partial charge in [-0.1, -0.05) is 151 Å². The number of nitrogens with one attached hydrogen (secondary N) is 1. The average molecular weight is 707 g/mol. The molecule has 1 amide bonds. The Balaban J connectivity index is 4.48. The minimum absolute atomic E-state index is 0.0600. The second-order valence-electron chi connectivity index (χ2n) is 12.4. The third-order valence-electron chi connectivity index (χ3n) is 7.78. The van der Waals surface area contributed by atoms with Crippen LogP contribution in [0.25, 0.3) is 0 Å². The fraction of sp³-hybridized carbons (Fsp3) is 0.675. The fourth-order valence-corrected chi connectivity index (χ4v) is 5.68. The second-order valence-corrected chi connectivity index (χ2v) is 13.8. The zero-order valence-corrected chi connectivity index (χ0v) is 31.8. The van der Waals surface area contributed by atoms with Crippen molar-refractivity contribution in [3.63, 3.8) is 0 Å². The van der Waals surface area contributed by atoms with Gasteiger partial charge in [0.1, 0.15) is 0 Å². The minimum atomic E-state index is -4.36. The summed E-state index contributed by atoms with van der Waals surface area (Å²) in [6, 6.07) is -0.917. The molecule has 0 heterocycles. The van der Waals surface area contributed by atoms with Gasteiger partial charge in [0, 0.05) is 13.0 Å². The van der Waals surface area contributed by atoms with Crippen molar-refractivity contribution in [3.05, 3.63) is 72.9 Å². The lowest BCUT2D eigenvalue weighted by Crippen LogP contribution is -2.45. The highest BCUT2D eigenvalue weighted by Crippen LogP contribution is 2.43. The SMILES string of the molecule is CC/C=C\C/C=C\C/C=C\C/C=C\CCC(=O)NC(COP(=O)(O)OCCN)C(O)/C=C/CC/C=C/CCCCCCCCCCCCC. The van der Waals surface area contributed by atoms with Gasteiger partial charge in [-0.2, -0.15) is 0 Å². The molecule has 3 atom stereocenters. The fourth-order valence-electron chi connectivity index (χ4n) is 4.92. The number of hydrogen-bond acceptors (Lipinski definition) is 6. The molecule has 0 fully saturated rings. The lowest BCUT2D eigenvalue weighted by atomic mass is 10.1. The Bertz CT molecular complexity index is 991. The number of nitrogens with two attached hydrogens (primary N) is 1. The van der Waals surface area contributed by atoms with Gasteiger partial charge in [-0.05, 0) is 57.8 Å². The summed E-state index contributed by atoms with van der Waals surface area (Å²) in [5.41, 5.74) is 5.35. The average Bonchev–Trinajstić information content (AvgIpc) is 3.09. The maximum Gasteiger partial charge on any atom is 0.472 e. The number of carbonyl (C=O) groups excluding carboxylic acids is 1. The summed E-state index contributed by atoms with van der Waals surface area (Å²) in [4.78, 5) is 22.5. The van der Waals surface area contributed by atoms with Crippen molar-refractivity contribution in [2.45, 2.75) is 154 Å². The molecular weight excluding hydrogens is 635 g/mol. The van der Waals surface area contributed by atoms with E-state index in [1.165, 1.54) is 70.6 Å². The summed E-state index contributed by atoms with van der Waals surface area (Å²) in [5.74, 6) is -0.288. The number of unbranched alkanes of at least 4 members (excludes halogenated alkanes) is 12. The van der Waals surface area contributed by atoms with Gasteiger partial charge in [0.25, 0.3) is 0 Å². The first-order valence-electron chi connectivity index (χ1n) is 19.1. The van der Waals surface area contributed by atoms with Crippen LogP contribution in [-0.2, 0) is 18.4 Å². The summed E-state index contributed by atoms with van der Waals surface area (Å²) in [7, 11) is -4.36. The van der Waals surface area contributed by atoms with Crippen LogP contribution in [0.2, 0.25) is 0 Å². The molecule has 0 spiro atoms. The topological polar surface area (TPSA) is 131 Å². The van der Waals surface area contributed by atoms with E-state index in [9.17, 15) is 19.4 Å². The van der Waals surface area contributed by atoms with Crippen LogP contribution in [0.4, 0.5) is 0 Å². The lowest BCUT2D eigenvalue weighted by Gasteiger charge is -2.23. The van der Waals surface area contributed by atoms with E-state index in [2.05, 4.69) is 67.8 Å². The molecule has 0 rings (SSSR count).